The summed E-state index contributed by atoms with van der Waals surface area (Å²) in [6.45, 7) is 9.20. The number of carbonyl (C=O) groups excluding carboxylic acids is 2. The summed E-state index contributed by atoms with van der Waals surface area (Å²) in [5, 5.41) is 16.3. The van der Waals surface area contributed by atoms with Gasteiger partial charge in [-0.25, -0.2) is 0 Å². The van der Waals surface area contributed by atoms with Gasteiger partial charge >= 0.3 is 0 Å². The first-order valence-electron chi connectivity index (χ1n) is 10.7. The highest BCUT2D eigenvalue weighted by Gasteiger charge is 2.45. The van der Waals surface area contributed by atoms with Gasteiger partial charge in [-0.15, -0.1) is 11.8 Å². The van der Waals surface area contributed by atoms with Crippen molar-refractivity contribution in [1.29, 1.82) is 0 Å². The van der Waals surface area contributed by atoms with Gasteiger partial charge in [-0.05, 0) is 36.6 Å². The molecule has 1 N–H and O–H groups in total. The second-order valence-corrected chi connectivity index (χ2v) is 9.38. The van der Waals surface area contributed by atoms with Crippen molar-refractivity contribution < 1.29 is 14.7 Å². The van der Waals surface area contributed by atoms with Gasteiger partial charge in [0.2, 0.25) is 0 Å². The lowest BCUT2D eigenvalue weighted by atomic mass is 9.81. The monoisotopic (exact) mass is 449 g/mol. The number of aliphatic hydroxyl groups is 1. The number of Topliss-reactive ketones (excluding diaryl/α,β-unsaturated/α-hetero) is 1. The van der Waals surface area contributed by atoms with Crippen LogP contribution in [0, 0.1) is 0 Å². The van der Waals surface area contributed by atoms with E-state index in [1.54, 1.807) is 16.7 Å². The molecule has 0 aliphatic carbocycles. The van der Waals surface area contributed by atoms with Gasteiger partial charge in [-0.3, -0.25) is 14.6 Å². The molecule has 2 aliphatic rings. The number of thioether (sulfide) groups is 1. The molecule has 2 heterocycles. The zero-order valence-electron chi connectivity index (χ0n) is 18.5. The maximum atomic E-state index is 13.3. The second-order valence-electron chi connectivity index (χ2n) is 8.36. The van der Waals surface area contributed by atoms with Crippen molar-refractivity contribution >= 4 is 30.2 Å². The SMILES string of the molecule is C=NN1/C(=C(/O)C(C)=O)C(=O)N(C(C)C)CC1C1c2ccccc2CSc2ccccc21. The predicted molar refractivity (Wildman–Crippen MR) is 127 cm³/mol. The van der Waals surface area contributed by atoms with Crippen LogP contribution in [0.2, 0.25) is 0 Å². The topological polar surface area (TPSA) is 73.2 Å². The Morgan fingerprint density at radius 3 is 2.47 bits per heavy atom. The fraction of sp³-hybridized carbons (Fsp3) is 0.320. The number of piperazine rings is 1. The van der Waals surface area contributed by atoms with Crippen LogP contribution in [0.15, 0.2) is 70.0 Å². The van der Waals surface area contributed by atoms with Crippen molar-refractivity contribution in [1.82, 2.24) is 9.91 Å². The number of fused-ring (bicyclic) bond motifs is 2. The number of benzene rings is 2. The van der Waals surface area contributed by atoms with E-state index in [4.69, 9.17) is 0 Å². The fourth-order valence-electron chi connectivity index (χ4n) is 4.58. The van der Waals surface area contributed by atoms with Crippen LogP contribution in [0.5, 0.6) is 0 Å². The zero-order chi connectivity index (χ0) is 23.0. The van der Waals surface area contributed by atoms with Gasteiger partial charge < -0.3 is 10.0 Å². The second kappa shape index (κ2) is 8.82. The van der Waals surface area contributed by atoms with Crippen LogP contribution in [-0.4, -0.2) is 52.1 Å². The summed E-state index contributed by atoms with van der Waals surface area (Å²) in [4.78, 5) is 28.3. The van der Waals surface area contributed by atoms with Crippen molar-refractivity contribution in [3.8, 4) is 0 Å². The van der Waals surface area contributed by atoms with E-state index in [1.165, 1.54) is 22.4 Å². The Kier molecular flexibility index (Phi) is 6.11. The number of amides is 1. The Balaban J connectivity index is 1.97. The molecule has 0 saturated carbocycles. The summed E-state index contributed by atoms with van der Waals surface area (Å²) in [5.41, 5.74) is 3.41. The van der Waals surface area contributed by atoms with Gasteiger partial charge in [0.25, 0.3) is 5.91 Å². The van der Waals surface area contributed by atoms with Crippen LogP contribution in [0.25, 0.3) is 0 Å². The number of nitrogens with zero attached hydrogens (tertiary/aromatic N) is 3. The Bertz CT molecular complexity index is 1060. The number of rotatable bonds is 4. The number of allylic oxidation sites excluding steroid dienone is 1. The highest BCUT2D eigenvalue weighted by atomic mass is 32.2. The summed E-state index contributed by atoms with van der Waals surface area (Å²) in [6, 6.07) is 16.1. The minimum absolute atomic E-state index is 0.107. The molecular weight excluding hydrogens is 422 g/mol. The third-order valence-corrected chi connectivity index (χ3v) is 7.27. The van der Waals surface area contributed by atoms with Gasteiger partial charge in [0.1, 0.15) is 0 Å². The summed E-state index contributed by atoms with van der Waals surface area (Å²) in [6.07, 6.45) is 0. The molecule has 2 aliphatic heterocycles. The van der Waals surface area contributed by atoms with Crippen molar-refractivity contribution in [3.63, 3.8) is 0 Å². The van der Waals surface area contributed by atoms with E-state index in [1.807, 2.05) is 38.1 Å². The maximum absolute atomic E-state index is 13.3. The first-order valence-corrected chi connectivity index (χ1v) is 11.6. The maximum Gasteiger partial charge on any atom is 0.276 e. The average molecular weight is 450 g/mol. The molecule has 0 bridgehead atoms. The van der Waals surface area contributed by atoms with Crippen LogP contribution >= 0.6 is 11.8 Å². The summed E-state index contributed by atoms with van der Waals surface area (Å²) < 4.78 is 0. The standard InChI is InChI=1S/C25H27N3O3S/c1-15(2)27-13-20(28(26-4)23(25(27)31)24(30)16(3)29)22-18-10-6-5-9-17(18)14-32-21-12-8-7-11-19(21)22/h5-12,15,20,22,30H,4,13-14H2,1-3H3/b24-23+. The molecule has 2 aromatic rings. The van der Waals surface area contributed by atoms with Gasteiger partial charge in [0.15, 0.2) is 17.2 Å². The fourth-order valence-corrected chi connectivity index (χ4v) is 5.69. The molecule has 32 heavy (non-hydrogen) atoms. The van der Waals surface area contributed by atoms with E-state index in [9.17, 15) is 14.7 Å². The minimum atomic E-state index is -0.581. The summed E-state index contributed by atoms with van der Waals surface area (Å²) >= 11 is 1.79. The van der Waals surface area contributed by atoms with E-state index >= 15 is 0 Å². The number of hydrazone groups is 1. The van der Waals surface area contributed by atoms with Gasteiger partial charge in [0, 0.05) is 42.8 Å². The lowest BCUT2D eigenvalue weighted by Crippen LogP contribution is -2.57. The first-order chi connectivity index (χ1) is 15.3. The number of ketones is 1. The molecule has 2 atom stereocenters. The van der Waals surface area contributed by atoms with Gasteiger partial charge in [0.05, 0.1) is 6.04 Å². The minimum Gasteiger partial charge on any atom is -0.503 e. The Morgan fingerprint density at radius 1 is 1.16 bits per heavy atom. The lowest BCUT2D eigenvalue weighted by Gasteiger charge is -2.45. The molecule has 0 radical (unpaired) electrons. The van der Waals surface area contributed by atoms with E-state index in [0.29, 0.717) is 6.54 Å². The molecule has 1 amide bonds. The van der Waals surface area contributed by atoms with E-state index in [0.717, 1.165) is 16.9 Å². The third kappa shape index (κ3) is 3.71. The molecule has 0 spiro atoms. The molecule has 4 rings (SSSR count). The zero-order valence-corrected chi connectivity index (χ0v) is 19.3. The molecular formula is C25H27N3O3S. The van der Waals surface area contributed by atoms with E-state index in [2.05, 4.69) is 36.1 Å². The largest absolute Gasteiger partial charge is 0.503 e. The van der Waals surface area contributed by atoms with Crippen LogP contribution < -0.4 is 0 Å². The highest BCUT2D eigenvalue weighted by Crippen LogP contribution is 2.45. The highest BCUT2D eigenvalue weighted by molar-refractivity contribution is 7.98. The number of hydrogen-bond donors (Lipinski definition) is 1. The van der Waals surface area contributed by atoms with Gasteiger partial charge in [-0.1, -0.05) is 42.5 Å². The first kappa shape index (κ1) is 22.1. The summed E-state index contributed by atoms with van der Waals surface area (Å²) in [7, 11) is 0. The molecule has 166 valence electrons. The van der Waals surface area contributed by atoms with Crippen molar-refractivity contribution in [2.45, 2.75) is 49.4 Å². The van der Waals surface area contributed by atoms with Crippen LogP contribution in [0.4, 0.5) is 0 Å². The predicted octanol–water partition coefficient (Wildman–Crippen LogP) is 4.32. The Labute approximate surface area is 192 Å². The molecule has 2 aromatic carbocycles. The smallest absolute Gasteiger partial charge is 0.276 e. The summed E-state index contributed by atoms with van der Waals surface area (Å²) in [5.74, 6) is -0.870. The molecule has 1 saturated heterocycles. The Hall–Kier alpha value is -3.06. The quantitative estimate of drug-likeness (QED) is 0.428. The lowest BCUT2D eigenvalue weighted by molar-refractivity contribution is -0.136. The molecule has 2 unspecified atom stereocenters. The van der Waals surface area contributed by atoms with Crippen molar-refractivity contribution in [2.24, 2.45) is 5.10 Å². The van der Waals surface area contributed by atoms with Crippen LogP contribution in [0.1, 0.15) is 43.4 Å². The molecule has 0 aromatic heterocycles. The average Bonchev–Trinajstić information content (AvgIpc) is 2.95. The molecule has 7 heteroatoms. The Morgan fingerprint density at radius 2 is 1.81 bits per heavy atom. The van der Waals surface area contributed by atoms with Crippen LogP contribution in [-0.2, 0) is 15.3 Å². The van der Waals surface area contributed by atoms with E-state index in [-0.39, 0.29) is 23.7 Å². The van der Waals surface area contributed by atoms with Crippen molar-refractivity contribution in [2.75, 3.05) is 6.54 Å². The van der Waals surface area contributed by atoms with Crippen molar-refractivity contribution in [3.05, 3.63) is 76.7 Å². The normalized spacial score (nSPS) is 22.2. The number of carbonyl (C=O) groups is 2. The van der Waals surface area contributed by atoms with E-state index < -0.39 is 17.4 Å². The van der Waals surface area contributed by atoms with Gasteiger partial charge in [-0.2, -0.15) is 5.10 Å². The van der Waals surface area contributed by atoms with Crippen LogP contribution in [0.3, 0.4) is 0 Å². The number of aliphatic hydroxyl groups excluding tert-OH is 1. The molecule has 1 fully saturated rings. The molecule has 6 nitrogen and oxygen atoms in total. The number of hydrogen-bond acceptors (Lipinski definition) is 6. The third-order valence-electron chi connectivity index (χ3n) is 6.14.